The average Bonchev–Trinajstić information content (AvgIpc) is 3.70. The van der Waals surface area contributed by atoms with E-state index in [0.717, 1.165) is 47.0 Å². The van der Waals surface area contributed by atoms with Crippen LogP contribution in [0.4, 0.5) is 27.1 Å². The van der Waals surface area contributed by atoms with Gasteiger partial charge >= 0.3 is 0 Å². The second kappa shape index (κ2) is 18.3. The molecule has 1 atom stereocenters. The molecule has 1 amide bonds. The van der Waals surface area contributed by atoms with Gasteiger partial charge in [-0.2, -0.15) is 15.3 Å². The van der Waals surface area contributed by atoms with Crippen LogP contribution >= 0.6 is 11.6 Å². The number of aryl methyl sites for hydroxylation is 3. The van der Waals surface area contributed by atoms with Crippen molar-refractivity contribution < 1.29 is 23.8 Å². The van der Waals surface area contributed by atoms with Crippen LogP contribution in [-0.4, -0.2) is 74.4 Å². The Bertz CT molecular complexity index is 2630. The Kier molecular flexibility index (Phi) is 12.6. The number of carbonyl (C=O) groups excluding carboxylic acids is 1. The van der Waals surface area contributed by atoms with Crippen molar-refractivity contribution in [2.45, 2.75) is 20.0 Å². The first-order chi connectivity index (χ1) is 28.6. The molecule has 14 nitrogen and oxygen atoms in total. The minimum Gasteiger partial charge on any atom is -0.480 e. The summed E-state index contributed by atoms with van der Waals surface area (Å²) in [7, 11) is 3.20. The Hall–Kier alpha value is -6.68. The maximum atomic E-state index is 15.1. The lowest BCUT2D eigenvalue weighted by molar-refractivity contribution is 0.101. The number of methoxy groups -OCH3 is 1. The molecule has 8 rings (SSSR count). The molecule has 1 aliphatic heterocycles. The van der Waals surface area contributed by atoms with Gasteiger partial charge in [-0.15, -0.1) is 10.2 Å². The van der Waals surface area contributed by atoms with Gasteiger partial charge in [0.15, 0.2) is 0 Å². The van der Waals surface area contributed by atoms with E-state index in [-0.39, 0.29) is 27.8 Å². The maximum absolute atomic E-state index is 15.1. The monoisotopic (exact) mass is 814 g/mol. The number of aliphatic hydroxyl groups is 1. The number of amides is 1. The van der Waals surface area contributed by atoms with Crippen LogP contribution in [0.2, 0.25) is 5.02 Å². The van der Waals surface area contributed by atoms with Crippen molar-refractivity contribution in [3.8, 4) is 17.1 Å². The number of carbonyl (C=O) groups is 1. The van der Waals surface area contributed by atoms with Gasteiger partial charge in [-0.05, 0) is 91.7 Å². The maximum Gasteiger partial charge on any atom is 0.273 e. The number of ether oxygens (including phenoxy) is 2. The third-order valence-corrected chi connectivity index (χ3v) is 10.0. The van der Waals surface area contributed by atoms with Crippen molar-refractivity contribution in [1.29, 1.82) is 0 Å². The number of anilines is 2. The molecular weight excluding hydrogens is 775 g/mol. The van der Waals surface area contributed by atoms with Crippen LogP contribution in [0.3, 0.4) is 0 Å². The summed E-state index contributed by atoms with van der Waals surface area (Å²) in [4.78, 5) is 23.2. The fraction of sp³-hybridized carbons (Fsp3) is 0.209. The minimum atomic E-state index is -1.22. The first kappa shape index (κ1) is 40.5. The van der Waals surface area contributed by atoms with Gasteiger partial charge in [0.25, 0.3) is 5.91 Å². The van der Waals surface area contributed by atoms with Gasteiger partial charge in [0.05, 0.1) is 48.6 Å². The predicted octanol–water partition coefficient (Wildman–Crippen LogP) is 8.51. The Morgan fingerprint density at radius 3 is 2.47 bits per heavy atom. The van der Waals surface area contributed by atoms with Gasteiger partial charge in [-0.3, -0.25) is 9.48 Å². The highest BCUT2D eigenvalue weighted by molar-refractivity contribution is 6.31. The molecule has 59 heavy (non-hydrogen) atoms. The van der Waals surface area contributed by atoms with Crippen molar-refractivity contribution in [2.24, 2.45) is 17.3 Å². The van der Waals surface area contributed by atoms with Crippen LogP contribution in [0.5, 0.6) is 5.88 Å². The Balaban J connectivity index is 0.000000188. The molecule has 2 N–H and O–H groups in total. The first-order valence-corrected chi connectivity index (χ1v) is 19.0. The number of aliphatic hydroxyl groups excluding tert-OH is 1. The number of hydrogen-bond donors (Lipinski definition) is 2. The molecule has 3 aromatic heterocycles. The topological polar surface area (TPSA) is 165 Å². The lowest BCUT2D eigenvalue weighted by Crippen LogP contribution is -2.36. The van der Waals surface area contributed by atoms with Crippen LogP contribution in [0.15, 0.2) is 114 Å². The fourth-order valence-electron chi connectivity index (χ4n) is 6.40. The van der Waals surface area contributed by atoms with E-state index in [1.165, 1.54) is 30.3 Å². The summed E-state index contributed by atoms with van der Waals surface area (Å²) in [6, 6.07) is 26.7. The normalized spacial score (nSPS) is 13.2. The molecule has 4 heterocycles. The van der Waals surface area contributed by atoms with Gasteiger partial charge in [-0.1, -0.05) is 29.8 Å². The molecule has 1 aliphatic rings. The molecule has 1 fully saturated rings. The van der Waals surface area contributed by atoms with E-state index in [0.29, 0.717) is 41.4 Å². The minimum absolute atomic E-state index is 0.0688. The Morgan fingerprint density at radius 1 is 0.949 bits per heavy atom. The Labute approximate surface area is 344 Å². The van der Waals surface area contributed by atoms with Crippen LogP contribution in [0.25, 0.3) is 22.2 Å². The number of halogens is 2. The number of azo groups is 1. The van der Waals surface area contributed by atoms with E-state index >= 15 is 4.39 Å². The smallest absolute Gasteiger partial charge is 0.273 e. The third kappa shape index (κ3) is 9.39. The zero-order valence-electron chi connectivity index (χ0n) is 32.7. The van der Waals surface area contributed by atoms with Crippen molar-refractivity contribution in [1.82, 2.24) is 29.9 Å². The molecule has 0 spiro atoms. The molecular formula is C43H40ClFN10O4. The lowest BCUT2D eigenvalue weighted by Gasteiger charge is -2.29. The zero-order valence-corrected chi connectivity index (χ0v) is 33.4. The van der Waals surface area contributed by atoms with Crippen LogP contribution in [0, 0.1) is 19.7 Å². The highest BCUT2D eigenvalue weighted by atomic mass is 35.5. The number of morpholine rings is 1. The molecule has 16 heteroatoms. The second-order valence-corrected chi connectivity index (χ2v) is 14.0. The van der Waals surface area contributed by atoms with Crippen molar-refractivity contribution in [3.05, 3.63) is 142 Å². The number of fused-ring (bicyclic) bond motifs is 1. The van der Waals surface area contributed by atoms with Gasteiger partial charge in [0.2, 0.25) is 5.88 Å². The van der Waals surface area contributed by atoms with E-state index in [9.17, 15) is 9.90 Å². The van der Waals surface area contributed by atoms with E-state index in [1.807, 2.05) is 74.5 Å². The number of nitrogens with one attached hydrogen (secondary N) is 1. The fourth-order valence-corrected chi connectivity index (χ4v) is 6.65. The van der Waals surface area contributed by atoms with E-state index < -0.39 is 11.9 Å². The summed E-state index contributed by atoms with van der Waals surface area (Å²) in [5, 5.41) is 35.0. The summed E-state index contributed by atoms with van der Waals surface area (Å²) >= 11 is 6.30. The largest absolute Gasteiger partial charge is 0.480 e. The highest BCUT2D eigenvalue weighted by Crippen LogP contribution is 2.36. The first-order valence-electron chi connectivity index (χ1n) is 18.6. The molecule has 0 saturated carbocycles. The molecule has 0 unspecified atom stereocenters. The summed E-state index contributed by atoms with van der Waals surface area (Å²) in [5.41, 5.74) is 7.65. The van der Waals surface area contributed by atoms with Crippen molar-refractivity contribution in [2.75, 3.05) is 43.6 Å². The second-order valence-electron chi connectivity index (χ2n) is 13.6. The number of rotatable bonds is 9. The van der Waals surface area contributed by atoms with Crippen LogP contribution in [0.1, 0.15) is 39.0 Å². The number of nitrogens with zero attached hydrogens (tertiary/aromatic N) is 9. The zero-order chi connectivity index (χ0) is 41.5. The predicted molar refractivity (Wildman–Crippen MR) is 223 cm³/mol. The Morgan fingerprint density at radius 2 is 1.76 bits per heavy atom. The quantitative estimate of drug-likeness (QED) is 0.135. The van der Waals surface area contributed by atoms with Gasteiger partial charge < -0.3 is 24.8 Å². The van der Waals surface area contributed by atoms with Gasteiger partial charge in [0.1, 0.15) is 23.9 Å². The van der Waals surface area contributed by atoms with Crippen molar-refractivity contribution >= 4 is 51.2 Å². The van der Waals surface area contributed by atoms with Gasteiger partial charge in [-0.25, -0.2) is 14.4 Å². The number of benzene rings is 4. The molecule has 4 aromatic carbocycles. The number of aromatic nitrogens is 6. The number of hydrogen-bond acceptors (Lipinski definition) is 12. The van der Waals surface area contributed by atoms with Gasteiger partial charge in [0, 0.05) is 65.3 Å². The summed E-state index contributed by atoms with van der Waals surface area (Å²) in [6.07, 6.45) is 1.78. The third-order valence-electron chi connectivity index (χ3n) is 9.68. The molecule has 7 aromatic rings. The van der Waals surface area contributed by atoms with Crippen LogP contribution < -0.4 is 15.0 Å². The SMILES string of the molecule is COc1ccc([C@@H](O)c2cc(-c3ncnc4cc(N5CCOCC5)ccc34)c(F)cc2Cl)nn1.Cc1ccccc1N=Nc1ccc(NC(=O)c2ccnn2C)c(C)c1. The highest BCUT2D eigenvalue weighted by Gasteiger charge is 2.22. The molecule has 0 aliphatic carbocycles. The van der Waals surface area contributed by atoms with Crippen molar-refractivity contribution in [3.63, 3.8) is 0 Å². The van der Waals surface area contributed by atoms with Crippen LogP contribution in [-0.2, 0) is 11.8 Å². The standard InChI is InChI=1S/C24H21ClFN5O3.C19H19N5O/c1-33-22-5-4-20(29-30-22)24(32)16-11-17(19(26)12-18(16)25)23-15-3-2-14(10-21(15)27-13-28-23)31-6-8-34-9-7-31;1-13-6-4-5-7-17(13)23-22-15-8-9-16(14(2)12-15)21-19(25)18-10-11-20-24(18)3/h2-5,10-13,24,32H,6-9H2,1H3;4-12H,1-3H3,(H,21,25)/t24-;/m0./s1. The molecule has 0 bridgehead atoms. The van der Waals surface area contributed by atoms with E-state index in [1.54, 1.807) is 31.4 Å². The van der Waals surface area contributed by atoms with E-state index in [4.69, 9.17) is 21.1 Å². The molecule has 1 saturated heterocycles. The summed E-state index contributed by atoms with van der Waals surface area (Å²) in [6.45, 7) is 6.86. The molecule has 0 radical (unpaired) electrons. The molecule has 300 valence electrons. The lowest BCUT2D eigenvalue weighted by atomic mass is 9.99. The van der Waals surface area contributed by atoms with E-state index in [2.05, 4.69) is 45.7 Å². The summed E-state index contributed by atoms with van der Waals surface area (Å²) in [5.74, 6) is -0.442. The average molecular weight is 815 g/mol. The summed E-state index contributed by atoms with van der Waals surface area (Å²) < 4.78 is 27.1.